The number of fused-ring (bicyclic) bond motifs is 1. The van der Waals surface area contributed by atoms with Crippen LogP contribution in [0.25, 0.3) is 0 Å². The van der Waals surface area contributed by atoms with Gasteiger partial charge in [-0.1, -0.05) is 32.0 Å². The summed E-state index contributed by atoms with van der Waals surface area (Å²) in [7, 11) is 1.50. The molecular formula is C28H33N3O5. The van der Waals surface area contributed by atoms with Gasteiger partial charge in [-0.3, -0.25) is 24.1 Å². The molecule has 0 spiro atoms. The van der Waals surface area contributed by atoms with Crippen LogP contribution in [0.15, 0.2) is 42.5 Å². The lowest BCUT2D eigenvalue weighted by Gasteiger charge is -2.32. The zero-order chi connectivity index (χ0) is 26.0. The zero-order valence-electron chi connectivity index (χ0n) is 21.2. The first-order chi connectivity index (χ1) is 17.2. The number of carbonyl (C=O) groups is 4. The third kappa shape index (κ3) is 4.98. The smallest absolute Gasteiger partial charge is 0.261 e. The Balaban J connectivity index is 1.45. The molecule has 2 aromatic rings. The van der Waals surface area contributed by atoms with Gasteiger partial charge in [-0.2, -0.15) is 0 Å². The first-order valence-corrected chi connectivity index (χ1v) is 12.4. The molecule has 1 fully saturated rings. The highest BCUT2D eigenvalue weighted by Gasteiger charge is 2.35. The van der Waals surface area contributed by atoms with Crippen LogP contribution < -0.4 is 10.1 Å². The zero-order valence-corrected chi connectivity index (χ0v) is 21.2. The number of ether oxygens (including phenoxy) is 1. The van der Waals surface area contributed by atoms with Crippen LogP contribution in [0.4, 0.5) is 0 Å². The van der Waals surface area contributed by atoms with Crippen LogP contribution in [-0.2, 0) is 11.3 Å². The second kappa shape index (κ2) is 10.5. The fourth-order valence-electron chi connectivity index (χ4n) is 4.61. The van der Waals surface area contributed by atoms with E-state index in [2.05, 4.69) is 19.2 Å². The Bertz CT molecular complexity index is 1150. The molecule has 4 rings (SSSR count). The Kier molecular flexibility index (Phi) is 7.43. The van der Waals surface area contributed by atoms with Crippen LogP contribution in [0.3, 0.4) is 0 Å². The molecule has 8 heteroatoms. The maximum atomic E-state index is 13.4. The summed E-state index contributed by atoms with van der Waals surface area (Å²) in [5.41, 5.74) is 1.82. The van der Waals surface area contributed by atoms with Crippen LogP contribution in [0.1, 0.15) is 70.3 Å². The number of piperidine rings is 1. The average molecular weight is 492 g/mol. The molecule has 2 aromatic carbocycles. The van der Waals surface area contributed by atoms with Crippen LogP contribution >= 0.6 is 0 Å². The summed E-state index contributed by atoms with van der Waals surface area (Å²) < 4.78 is 5.44. The largest absolute Gasteiger partial charge is 0.496 e. The van der Waals surface area contributed by atoms with Crippen molar-refractivity contribution in [1.82, 2.24) is 15.1 Å². The third-order valence-electron chi connectivity index (χ3n) is 7.24. The number of methoxy groups -OCH3 is 1. The van der Waals surface area contributed by atoms with Gasteiger partial charge in [0.25, 0.3) is 17.7 Å². The number of hydrogen-bond donors (Lipinski definition) is 1. The molecule has 36 heavy (non-hydrogen) atoms. The summed E-state index contributed by atoms with van der Waals surface area (Å²) in [6.45, 7) is 7.15. The van der Waals surface area contributed by atoms with Crippen molar-refractivity contribution in [3.8, 4) is 5.75 Å². The van der Waals surface area contributed by atoms with Gasteiger partial charge in [0.05, 0.1) is 30.3 Å². The van der Waals surface area contributed by atoms with E-state index >= 15 is 0 Å². The first-order valence-electron chi connectivity index (χ1n) is 12.4. The van der Waals surface area contributed by atoms with E-state index in [4.69, 9.17) is 4.74 Å². The van der Waals surface area contributed by atoms with Gasteiger partial charge in [0, 0.05) is 25.0 Å². The van der Waals surface area contributed by atoms with Gasteiger partial charge in [0.1, 0.15) is 5.75 Å². The summed E-state index contributed by atoms with van der Waals surface area (Å²) >= 11 is 0. The average Bonchev–Trinajstić information content (AvgIpc) is 3.13. The van der Waals surface area contributed by atoms with Crippen LogP contribution in [-0.4, -0.2) is 59.7 Å². The standard InChI is InChI=1S/C28H33N3O5/c1-17(2)18(3)29-25(32)20-11-13-30(14-12-20)26(33)23-15-19(9-10-24(23)36-4)16-31-27(34)21-7-5-6-8-22(21)28(31)35/h5-10,15,17-18,20H,11-14,16H2,1-4H3,(H,29,32)/t18-/m0/s1. The summed E-state index contributed by atoms with van der Waals surface area (Å²) in [6.07, 6.45) is 1.19. The molecule has 190 valence electrons. The fourth-order valence-corrected chi connectivity index (χ4v) is 4.61. The Morgan fingerprint density at radius 1 is 1.00 bits per heavy atom. The molecule has 0 saturated carbocycles. The molecule has 1 atom stereocenters. The predicted octanol–water partition coefficient (Wildman–Crippen LogP) is 3.50. The Hall–Kier alpha value is -3.68. The molecule has 2 aliphatic rings. The van der Waals surface area contributed by atoms with Crippen molar-refractivity contribution in [1.29, 1.82) is 0 Å². The maximum absolute atomic E-state index is 13.4. The number of amides is 4. The molecule has 0 bridgehead atoms. The number of benzene rings is 2. The number of carbonyl (C=O) groups excluding carboxylic acids is 4. The summed E-state index contributed by atoms with van der Waals surface area (Å²) in [5, 5.41) is 3.08. The number of rotatable bonds is 7. The van der Waals surface area contributed by atoms with Crippen LogP contribution in [0.5, 0.6) is 5.75 Å². The molecule has 0 aromatic heterocycles. The van der Waals surface area contributed by atoms with E-state index in [-0.39, 0.29) is 42.1 Å². The third-order valence-corrected chi connectivity index (χ3v) is 7.24. The minimum Gasteiger partial charge on any atom is -0.496 e. The summed E-state index contributed by atoms with van der Waals surface area (Å²) in [6, 6.07) is 12.0. The van der Waals surface area contributed by atoms with Gasteiger partial charge in [0.15, 0.2) is 0 Å². The quantitative estimate of drug-likeness (QED) is 0.598. The van der Waals surface area contributed by atoms with Gasteiger partial charge >= 0.3 is 0 Å². The lowest BCUT2D eigenvalue weighted by atomic mass is 9.94. The summed E-state index contributed by atoms with van der Waals surface area (Å²) in [5.74, 6) is -0.156. The maximum Gasteiger partial charge on any atom is 0.261 e. The number of hydrogen-bond acceptors (Lipinski definition) is 5. The molecule has 4 amide bonds. The normalized spacial score (nSPS) is 16.8. The number of nitrogens with zero attached hydrogens (tertiary/aromatic N) is 2. The minimum atomic E-state index is -0.341. The Morgan fingerprint density at radius 2 is 1.61 bits per heavy atom. The number of likely N-dealkylation sites (tertiary alicyclic amines) is 1. The van der Waals surface area contributed by atoms with Crippen LogP contribution in [0, 0.1) is 11.8 Å². The lowest BCUT2D eigenvalue weighted by molar-refractivity contribution is -0.127. The molecule has 0 unspecified atom stereocenters. The molecule has 0 aliphatic carbocycles. The van der Waals surface area contributed by atoms with E-state index in [0.29, 0.717) is 59.9 Å². The number of nitrogens with one attached hydrogen (secondary N) is 1. The Labute approximate surface area is 211 Å². The summed E-state index contributed by atoms with van der Waals surface area (Å²) in [4.78, 5) is 54.5. The van der Waals surface area contributed by atoms with Gasteiger partial charge in [-0.05, 0) is 55.5 Å². The van der Waals surface area contributed by atoms with E-state index in [1.54, 1.807) is 47.4 Å². The van der Waals surface area contributed by atoms with Gasteiger partial charge < -0.3 is 15.0 Å². The topological polar surface area (TPSA) is 96.0 Å². The molecule has 0 radical (unpaired) electrons. The van der Waals surface area contributed by atoms with Gasteiger partial charge in [-0.25, -0.2) is 0 Å². The second-order valence-electron chi connectivity index (χ2n) is 9.88. The fraction of sp³-hybridized carbons (Fsp3) is 0.429. The van der Waals surface area contributed by atoms with Crippen molar-refractivity contribution in [2.45, 2.75) is 46.2 Å². The van der Waals surface area contributed by atoms with E-state index in [0.717, 1.165) is 0 Å². The SMILES string of the molecule is COc1ccc(CN2C(=O)c3ccccc3C2=O)cc1C(=O)N1CCC(C(=O)N[C@@H](C)C(C)C)CC1. The highest BCUT2D eigenvalue weighted by atomic mass is 16.5. The highest BCUT2D eigenvalue weighted by Crippen LogP contribution is 2.28. The van der Waals surface area contributed by atoms with E-state index < -0.39 is 0 Å². The van der Waals surface area contributed by atoms with Crippen molar-refractivity contribution in [2.24, 2.45) is 11.8 Å². The van der Waals surface area contributed by atoms with Crippen molar-refractivity contribution in [3.63, 3.8) is 0 Å². The molecule has 1 saturated heterocycles. The van der Waals surface area contributed by atoms with Crippen molar-refractivity contribution < 1.29 is 23.9 Å². The van der Waals surface area contributed by atoms with Crippen molar-refractivity contribution in [3.05, 3.63) is 64.7 Å². The van der Waals surface area contributed by atoms with Crippen LogP contribution in [0.2, 0.25) is 0 Å². The molecular weight excluding hydrogens is 458 g/mol. The minimum absolute atomic E-state index is 0.0452. The molecule has 2 heterocycles. The monoisotopic (exact) mass is 491 g/mol. The Morgan fingerprint density at radius 3 is 2.17 bits per heavy atom. The van der Waals surface area contributed by atoms with Gasteiger partial charge in [0.2, 0.25) is 5.91 Å². The second-order valence-corrected chi connectivity index (χ2v) is 9.88. The molecule has 8 nitrogen and oxygen atoms in total. The van der Waals surface area contributed by atoms with Gasteiger partial charge in [-0.15, -0.1) is 0 Å². The van der Waals surface area contributed by atoms with Crippen molar-refractivity contribution >= 4 is 23.6 Å². The lowest BCUT2D eigenvalue weighted by Crippen LogP contribution is -2.45. The van der Waals surface area contributed by atoms with E-state index in [9.17, 15) is 19.2 Å². The van der Waals surface area contributed by atoms with Crippen molar-refractivity contribution in [2.75, 3.05) is 20.2 Å². The van der Waals surface area contributed by atoms with E-state index in [1.807, 2.05) is 6.92 Å². The highest BCUT2D eigenvalue weighted by molar-refractivity contribution is 6.21. The van der Waals surface area contributed by atoms with E-state index in [1.165, 1.54) is 12.0 Å². The predicted molar refractivity (Wildman–Crippen MR) is 135 cm³/mol. The number of imide groups is 1. The molecule has 1 N–H and O–H groups in total. The molecule has 2 aliphatic heterocycles. The first kappa shape index (κ1) is 25.4.